The molecule has 1 heterocycles. The van der Waals surface area contributed by atoms with Crippen LogP contribution in [0.2, 0.25) is 0 Å². The summed E-state index contributed by atoms with van der Waals surface area (Å²) in [6, 6.07) is 11.3. The lowest BCUT2D eigenvalue weighted by Gasteiger charge is -2.23. The number of hydrogen-bond acceptors (Lipinski definition) is 8. The molecule has 2 atom stereocenters. The molecule has 42 heavy (non-hydrogen) atoms. The number of Topliss-reactive ketones (excluding diaryl/α,β-unsaturated/α-hetero) is 1. The van der Waals surface area contributed by atoms with Gasteiger partial charge in [0.15, 0.2) is 5.78 Å². The summed E-state index contributed by atoms with van der Waals surface area (Å²) in [5.74, 6) is 1.03. The molecule has 11 heteroatoms. The highest BCUT2D eigenvalue weighted by Gasteiger charge is 2.27. The molecule has 0 fully saturated rings. The van der Waals surface area contributed by atoms with E-state index >= 15 is 0 Å². The summed E-state index contributed by atoms with van der Waals surface area (Å²) in [4.78, 5) is 50.9. The smallest absolute Gasteiger partial charge is 0.408 e. The van der Waals surface area contributed by atoms with Gasteiger partial charge in [-0.25, -0.2) is 9.59 Å². The van der Waals surface area contributed by atoms with Crippen LogP contribution in [0.15, 0.2) is 53.1 Å². The maximum absolute atomic E-state index is 13.4. The fraction of sp³-hybridized carbons (Fsp3) is 0.548. The molecular weight excluding hydrogens is 558 g/mol. The predicted molar refractivity (Wildman–Crippen MR) is 163 cm³/mol. The minimum atomic E-state index is -0.914. The van der Waals surface area contributed by atoms with Crippen molar-refractivity contribution in [2.75, 3.05) is 12.3 Å². The first kappa shape index (κ1) is 34.7. The number of ether oxygens (including phenoxy) is 2. The summed E-state index contributed by atoms with van der Waals surface area (Å²) < 4.78 is 15.9. The molecule has 10 nitrogen and oxygen atoms in total. The van der Waals surface area contributed by atoms with Gasteiger partial charge in [0, 0.05) is 6.54 Å². The molecule has 2 unspecified atom stereocenters. The van der Waals surface area contributed by atoms with E-state index in [1.807, 2.05) is 43.3 Å². The molecule has 2 rings (SSSR count). The average molecular weight is 604 g/mol. The number of amides is 3. The maximum Gasteiger partial charge on any atom is 0.408 e. The van der Waals surface area contributed by atoms with Gasteiger partial charge in [-0.15, -0.1) is 11.8 Å². The van der Waals surface area contributed by atoms with Crippen LogP contribution in [0.1, 0.15) is 77.5 Å². The molecular formula is C31H45N3O7S. The summed E-state index contributed by atoms with van der Waals surface area (Å²) in [5.41, 5.74) is 0.222. The molecule has 0 saturated carbocycles. The van der Waals surface area contributed by atoms with E-state index < -0.39 is 35.8 Å². The monoisotopic (exact) mass is 603 g/mol. The lowest BCUT2D eigenvalue weighted by Crippen LogP contribution is -2.52. The van der Waals surface area contributed by atoms with E-state index in [2.05, 4.69) is 16.0 Å². The first-order chi connectivity index (χ1) is 20.1. The van der Waals surface area contributed by atoms with Crippen LogP contribution in [0.4, 0.5) is 9.59 Å². The number of benzene rings is 1. The predicted octanol–water partition coefficient (Wildman–Crippen LogP) is 5.75. The molecule has 0 aliphatic rings. The quantitative estimate of drug-likeness (QED) is 0.183. The van der Waals surface area contributed by atoms with E-state index in [-0.39, 0.29) is 18.1 Å². The molecule has 1 aromatic heterocycles. The van der Waals surface area contributed by atoms with Crippen LogP contribution < -0.4 is 16.0 Å². The van der Waals surface area contributed by atoms with Crippen molar-refractivity contribution in [2.24, 2.45) is 0 Å². The fourth-order valence-corrected chi connectivity index (χ4v) is 4.77. The summed E-state index contributed by atoms with van der Waals surface area (Å²) in [5, 5.41) is 8.23. The number of ketones is 1. The summed E-state index contributed by atoms with van der Waals surface area (Å²) >= 11 is 1.43. The van der Waals surface area contributed by atoms with Gasteiger partial charge in [-0.3, -0.25) is 9.59 Å². The lowest BCUT2D eigenvalue weighted by molar-refractivity contribution is -0.128. The molecule has 0 radical (unpaired) electrons. The zero-order valence-corrected chi connectivity index (χ0v) is 25.9. The first-order valence-electron chi connectivity index (χ1n) is 14.4. The Hall–Kier alpha value is -3.47. The van der Waals surface area contributed by atoms with Crippen molar-refractivity contribution < 1.29 is 33.1 Å². The fourth-order valence-electron chi connectivity index (χ4n) is 3.90. The van der Waals surface area contributed by atoms with Gasteiger partial charge < -0.3 is 29.8 Å². The third-order valence-electron chi connectivity index (χ3n) is 6.03. The number of carbonyl (C=O) groups excluding carboxylic acids is 4. The van der Waals surface area contributed by atoms with Crippen LogP contribution in [0, 0.1) is 0 Å². The van der Waals surface area contributed by atoms with E-state index in [1.165, 1.54) is 11.8 Å². The normalized spacial score (nSPS) is 12.6. The Bertz CT molecular complexity index is 1090. The average Bonchev–Trinajstić information content (AvgIpc) is 3.46. The third-order valence-corrected chi connectivity index (χ3v) is 7.01. The van der Waals surface area contributed by atoms with Crippen LogP contribution in [0.3, 0.4) is 0 Å². The molecule has 3 amide bonds. The third kappa shape index (κ3) is 15.0. The van der Waals surface area contributed by atoms with Crippen LogP contribution >= 0.6 is 11.8 Å². The summed E-state index contributed by atoms with van der Waals surface area (Å²) in [6.45, 7) is 7.79. The number of furan rings is 1. The van der Waals surface area contributed by atoms with Crippen molar-refractivity contribution in [3.63, 3.8) is 0 Å². The van der Waals surface area contributed by atoms with Gasteiger partial charge in [-0.1, -0.05) is 50.1 Å². The van der Waals surface area contributed by atoms with E-state index in [1.54, 1.807) is 33.1 Å². The minimum Gasteiger partial charge on any atom is -0.468 e. The van der Waals surface area contributed by atoms with Crippen molar-refractivity contribution in [3.05, 3.63) is 60.1 Å². The van der Waals surface area contributed by atoms with Crippen molar-refractivity contribution in [1.29, 1.82) is 0 Å². The molecule has 0 aliphatic heterocycles. The van der Waals surface area contributed by atoms with Crippen molar-refractivity contribution >= 4 is 35.6 Å². The number of rotatable bonds is 18. The molecule has 232 valence electrons. The van der Waals surface area contributed by atoms with Gasteiger partial charge in [0.05, 0.1) is 23.8 Å². The zero-order chi connectivity index (χ0) is 30.8. The molecule has 0 saturated heterocycles. The van der Waals surface area contributed by atoms with Crippen LogP contribution in [0.25, 0.3) is 0 Å². The minimum absolute atomic E-state index is 0.0608. The molecule has 0 aliphatic carbocycles. The standard InChI is InChI=1S/C31H45N3O7S/c1-5-6-16-25(27(35)22-42-21-24-15-12-19-39-24)33-28(36)26(17-10-11-18-32-29(37)41-31(2,3)4)34-30(38)40-20-23-13-8-7-9-14-23/h7-9,12-15,19,25-26H,5-6,10-11,16-18,20-22H2,1-4H3,(H,32,37)(H,33,36)(H,34,38). The van der Waals surface area contributed by atoms with Crippen LogP contribution in [-0.4, -0.2) is 53.9 Å². The van der Waals surface area contributed by atoms with Crippen molar-refractivity contribution in [2.45, 2.75) is 96.3 Å². The second-order valence-corrected chi connectivity index (χ2v) is 11.9. The molecule has 0 bridgehead atoms. The lowest BCUT2D eigenvalue weighted by atomic mass is 10.0. The van der Waals surface area contributed by atoms with Gasteiger partial charge in [-0.05, 0) is 64.2 Å². The van der Waals surface area contributed by atoms with E-state index in [0.29, 0.717) is 38.0 Å². The Kier molecular flexibility index (Phi) is 15.6. The SMILES string of the molecule is CCCCC(NC(=O)C(CCCCNC(=O)OC(C)(C)C)NC(=O)OCc1ccccc1)C(=O)CSCc1ccco1. The highest BCUT2D eigenvalue weighted by molar-refractivity contribution is 7.99. The van der Waals surface area contributed by atoms with Crippen molar-refractivity contribution in [3.8, 4) is 0 Å². The van der Waals surface area contributed by atoms with E-state index in [0.717, 1.165) is 24.2 Å². The molecule has 3 N–H and O–H groups in total. The molecule has 2 aromatic rings. The number of thioether (sulfide) groups is 1. The van der Waals surface area contributed by atoms with Crippen LogP contribution in [-0.2, 0) is 31.4 Å². The Morgan fingerprint density at radius 3 is 2.31 bits per heavy atom. The molecule has 0 spiro atoms. The Morgan fingerprint density at radius 1 is 0.905 bits per heavy atom. The van der Waals surface area contributed by atoms with Gasteiger partial charge in [0.1, 0.15) is 24.0 Å². The number of alkyl carbamates (subject to hydrolysis) is 2. The first-order valence-corrected chi connectivity index (χ1v) is 15.6. The largest absolute Gasteiger partial charge is 0.468 e. The number of nitrogens with one attached hydrogen (secondary N) is 3. The number of carbonyl (C=O) groups is 4. The van der Waals surface area contributed by atoms with Gasteiger partial charge in [-0.2, -0.15) is 0 Å². The van der Waals surface area contributed by atoms with Gasteiger partial charge in [0.25, 0.3) is 0 Å². The highest BCUT2D eigenvalue weighted by atomic mass is 32.2. The van der Waals surface area contributed by atoms with E-state index in [9.17, 15) is 19.2 Å². The Morgan fingerprint density at radius 2 is 1.64 bits per heavy atom. The van der Waals surface area contributed by atoms with Crippen molar-refractivity contribution in [1.82, 2.24) is 16.0 Å². The van der Waals surface area contributed by atoms with E-state index in [4.69, 9.17) is 13.9 Å². The topological polar surface area (TPSA) is 136 Å². The highest BCUT2D eigenvalue weighted by Crippen LogP contribution is 2.15. The zero-order valence-electron chi connectivity index (χ0n) is 25.1. The number of unbranched alkanes of at least 4 members (excludes halogenated alkanes) is 2. The summed E-state index contributed by atoms with van der Waals surface area (Å²) in [6.07, 6.45) is 3.89. The van der Waals surface area contributed by atoms with Gasteiger partial charge >= 0.3 is 12.2 Å². The molecule has 1 aromatic carbocycles. The van der Waals surface area contributed by atoms with Crippen LogP contribution in [0.5, 0.6) is 0 Å². The summed E-state index contributed by atoms with van der Waals surface area (Å²) in [7, 11) is 0. The Balaban J connectivity index is 1.96. The maximum atomic E-state index is 13.4. The number of hydrogen-bond donors (Lipinski definition) is 3. The second-order valence-electron chi connectivity index (χ2n) is 10.9. The Labute approximate surface area is 253 Å². The van der Waals surface area contributed by atoms with Gasteiger partial charge in [0.2, 0.25) is 5.91 Å². The second kappa shape index (κ2) is 18.9.